The van der Waals surface area contributed by atoms with Crippen molar-refractivity contribution in [3.05, 3.63) is 30.3 Å². The predicted molar refractivity (Wildman–Crippen MR) is 63.6 cm³/mol. The molecule has 0 atom stereocenters. The van der Waals surface area contributed by atoms with Crippen molar-refractivity contribution >= 4 is 6.09 Å². The number of hydrogen-bond acceptors (Lipinski definition) is 3. The van der Waals surface area contributed by atoms with Gasteiger partial charge in [0.25, 0.3) is 0 Å². The molecule has 4 heteroatoms. The molecule has 2 N–H and O–H groups in total. The second-order valence-electron chi connectivity index (χ2n) is 3.38. The molecule has 0 saturated heterocycles. The molecule has 0 spiro atoms. The van der Waals surface area contributed by atoms with Gasteiger partial charge in [-0.05, 0) is 25.1 Å². The van der Waals surface area contributed by atoms with Crippen LogP contribution in [-0.2, 0) is 0 Å². The number of rotatable bonds is 6. The van der Waals surface area contributed by atoms with Crippen LogP contribution in [0.3, 0.4) is 0 Å². The van der Waals surface area contributed by atoms with E-state index in [1.807, 2.05) is 18.2 Å². The zero-order chi connectivity index (χ0) is 11.6. The van der Waals surface area contributed by atoms with Gasteiger partial charge in [-0.2, -0.15) is 0 Å². The monoisotopic (exact) mass is 222 g/mol. The van der Waals surface area contributed by atoms with Crippen LogP contribution in [0.4, 0.5) is 4.79 Å². The second-order valence-corrected chi connectivity index (χ2v) is 3.38. The third kappa shape index (κ3) is 5.36. The fourth-order valence-electron chi connectivity index (χ4n) is 1.19. The summed E-state index contributed by atoms with van der Waals surface area (Å²) in [5.41, 5.74) is 0. The van der Waals surface area contributed by atoms with Crippen LogP contribution in [0, 0.1) is 0 Å². The van der Waals surface area contributed by atoms with E-state index in [0.717, 1.165) is 19.5 Å². The van der Waals surface area contributed by atoms with Crippen LogP contribution in [-0.4, -0.2) is 25.7 Å². The maximum Gasteiger partial charge on any atom is 0.412 e. The highest BCUT2D eigenvalue weighted by Crippen LogP contribution is 2.07. The van der Waals surface area contributed by atoms with E-state index in [-0.39, 0.29) is 0 Å². The molecular weight excluding hydrogens is 204 g/mol. The highest BCUT2D eigenvalue weighted by Gasteiger charge is 2.01. The van der Waals surface area contributed by atoms with Crippen LogP contribution in [0.5, 0.6) is 5.75 Å². The average Bonchev–Trinajstić information content (AvgIpc) is 2.30. The van der Waals surface area contributed by atoms with Gasteiger partial charge in [0, 0.05) is 13.1 Å². The zero-order valence-electron chi connectivity index (χ0n) is 9.53. The highest BCUT2D eigenvalue weighted by atomic mass is 16.5. The van der Waals surface area contributed by atoms with Crippen LogP contribution < -0.4 is 15.4 Å². The standard InChI is InChI=1S/C12H18N2O2/c1-2-8-13-9-10-14-12(15)16-11-6-4-3-5-7-11/h3-7,13H,2,8-10H2,1H3,(H,14,15). The molecule has 0 aromatic heterocycles. The Bertz CT molecular complexity index is 301. The summed E-state index contributed by atoms with van der Waals surface area (Å²) in [6.45, 7) is 4.41. The maximum absolute atomic E-state index is 11.3. The van der Waals surface area contributed by atoms with E-state index in [1.165, 1.54) is 0 Å². The van der Waals surface area contributed by atoms with Crippen molar-refractivity contribution in [1.29, 1.82) is 0 Å². The minimum absolute atomic E-state index is 0.413. The molecule has 16 heavy (non-hydrogen) atoms. The number of ether oxygens (including phenoxy) is 1. The largest absolute Gasteiger partial charge is 0.412 e. The van der Waals surface area contributed by atoms with Crippen molar-refractivity contribution in [2.24, 2.45) is 0 Å². The number of nitrogens with one attached hydrogen (secondary N) is 2. The molecule has 0 unspecified atom stereocenters. The summed E-state index contributed by atoms with van der Waals surface area (Å²) in [5.74, 6) is 0.557. The lowest BCUT2D eigenvalue weighted by Crippen LogP contribution is -2.33. The van der Waals surface area contributed by atoms with Crippen molar-refractivity contribution in [2.75, 3.05) is 19.6 Å². The van der Waals surface area contributed by atoms with Crippen molar-refractivity contribution in [3.63, 3.8) is 0 Å². The van der Waals surface area contributed by atoms with Crippen LogP contribution in [0.25, 0.3) is 0 Å². The summed E-state index contributed by atoms with van der Waals surface area (Å²) in [5, 5.41) is 5.85. The molecule has 0 saturated carbocycles. The van der Waals surface area contributed by atoms with Crippen molar-refractivity contribution in [2.45, 2.75) is 13.3 Å². The first-order valence-corrected chi connectivity index (χ1v) is 5.54. The molecule has 0 aliphatic heterocycles. The SMILES string of the molecule is CCCNCCNC(=O)Oc1ccccc1. The van der Waals surface area contributed by atoms with Crippen LogP contribution >= 0.6 is 0 Å². The first-order valence-electron chi connectivity index (χ1n) is 5.54. The second kappa shape index (κ2) is 7.70. The lowest BCUT2D eigenvalue weighted by molar-refractivity contribution is 0.200. The first kappa shape index (κ1) is 12.5. The van der Waals surface area contributed by atoms with E-state index in [9.17, 15) is 4.79 Å². The predicted octanol–water partition coefficient (Wildman–Crippen LogP) is 1.77. The Kier molecular flexibility index (Phi) is 6.03. The Morgan fingerprint density at radius 3 is 2.62 bits per heavy atom. The van der Waals surface area contributed by atoms with E-state index in [4.69, 9.17) is 4.74 Å². The lowest BCUT2D eigenvalue weighted by Gasteiger charge is -2.06. The molecule has 0 fully saturated rings. The van der Waals surface area contributed by atoms with Gasteiger partial charge in [-0.15, -0.1) is 0 Å². The number of carbonyl (C=O) groups excluding carboxylic acids is 1. The summed E-state index contributed by atoms with van der Waals surface area (Å²) in [6, 6.07) is 9.01. The van der Waals surface area contributed by atoms with E-state index < -0.39 is 6.09 Å². The van der Waals surface area contributed by atoms with E-state index in [2.05, 4.69) is 17.6 Å². The maximum atomic E-state index is 11.3. The van der Waals surface area contributed by atoms with E-state index in [1.54, 1.807) is 12.1 Å². The van der Waals surface area contributed by atoms with Gasteiger partial charge in [0.2, 0.25) is 0 Å². The minimum atomic E-state index is -0.413. The Morgan fingerprint density at radius 1 is 1.19 bits per heavy atom. The Morgan fingerprint density at radius 2 is 1.94 bits per heavy atom. The number of para-hydroxylation sites is 1. The Hall–Kier alpha value is -1.55. The molecule has 1 aromatic carbocycles. The van der Waals surface area contributed by atoms with Gasteiger partial charge in [-0.1, -0.05) is 25.1 Å². The third-order valence-corrected chi connectivity index (χ3v) is 1.95. The Labute approximate surface area is 96.0 Å². The highest BCUT2D eigenvalue weighted by molar-refractivity contribution is 5.70. The molecule has 1 aromatic rings. The van der Waals surface area contributed by atoms with E-state index >= 15 is 0 Å². The summed E-state index contributed by atoms with van der Waals surface area (Å²) >= 11 is 0. The minimum Gasteiger partial charge on any atom is -0.410 e. The molecule has 0 bridgehead atoms. The Balaban J connectivity index is 2.12. The van der Waals surface area contributed by atoms with Gasteiger partial charge in [-0.3, -0.25) is 0 Å². The molecule has 1 amide bonds. The fourth-order valence-corrected chi connectivity index (χ4v) is 1.19. The third-order valence-electron chi connectivity index (χ3n) is 1.95. The summed E-state index contributed by atoms with van der Waals surface area (Å²) < 4.78 is 5.04. The van der Waals surface area contributed by atoms with Gasteiger partial charge >= 0.3 is 6.09 Å². The van der Waals surface area contributed by atoms with Crippen molar-refractivity contribution in [3.8, 4) is 5.75 Å². The van der Waals surface area contributed by atoms with Crippen molar-refractivity contribution in [1.82, 2.24) is 10.6 Å². The van der Waals surface area contributed by atoms with E-state index in [0.29, 0.717) is 12.3 Å². The molecule has 0 aliphatic rings. The molecule has 88 valence electrons. The number of carbonyl (C=O) groups is 1. The smallest absolute Gasteiger partial charge is 0.410 e. The molecule has 0 radical (unpaired) electrons. The number of benzene rings is 1. The number of hydrogen-bond donors (Lipinski definition) is 2. The molecule has 4 nitrogen and oxygen atoms in total. The molecule has 1 rings (SSSR count). The summed E-state index contributed by atoms with van der Waals surface area (Å²) in [4.78, 5) is 11.3. The number of amides is 1. The van der Waals surface area contributed by atoms with Crippen LogP contribution in [0.1, 0.15) is 13.3 Å². The van der Waals surface area contributed by atoms with Gasteiger partial charge in [0.15, 0.2) is 0 Å². The summed E-state index contributed by atoms with van der Waals surface area (Å²) in [6.07, 6.45) is 0.679. The van der Waals surface area contributed by atoms with Gasteiger partial charge in [-0.25, -0.2) is 4.79 Å². The normalized spacial score (nSPS) is 9.81. The molecule has 0 heterocycles. The van der Waals surface area contributed by atoms with Gasteiger partial charge < -0.3 is 15.4 Å². The molecular formula is C12H18N2O2. The average molecular weight is 222 g/mol. The van der Waals surface area contributed by atoms with Gasteiger partial charge in [0.1, 0.15) is 5.75 Å². The topological polar surface area (TPSA) is 50.4 Å². The van der Waals surface area contributed by atoms with Crippen molar-refractivity contribution < 1.29 is 9.53 Å². The zero-order valence-corrected chi connectivity index (χ0v) is 9.53. The van der Waals surface area contributed by atoms with Crippen LogP contribution in [0.2, 0.25) is 0 Å². The fraction of sp³-hybridized carbons (Fsp3) is 0.417. The van der Waals surface area contributed by atoms with Crippen LogP contribution in [0.15, 0.2) is 30.3 Å². The molecule has 0 aliphatic carbocycles. The lowest BCUT2D eigenvalue weighted by atomic mass is 10.3. The quantitative estimate of drug-likeness (QED) is 0.721. The first-order chi connectivity index (χ1) is 7.83. The van der Waals surface area contributed by atoms with Gasteiger partial charge in [0.05, 0.1) is 0 Å². The summed E-state index contributed by atoms with van der Waals surface area (Å²) in [7, 11) is 0.